The van der Waals surface area contributed by atoms with Crippen LogP contribution in [0.25, 0.3) is 0 Å². The zero-order valence-corrected chi connectivity index (χ0v) is 11.4. The fraction of sp³-hybridized carbons (Fsp3) is 0.250. The highest BCUT2D eigenvalue weighted by molar-refractivity contribution is 5.38. The molecule has 1 N–H and O–H groups in total. The number of nitrogens with one attached hydrogen (secondary N) is 1. The van der Waals surface area contributed by atoms with E-state index in [4.69, 9.17) is 0 Å². The van der Waals surface area contributed by atoms with Crippen LogP contribution < -0.4 is 5.32 Å². The lowest BCUT2D eigenvalue weighted by atomic mass is 9.93. The maximum absolute atomic E-state index is 13.9. The van der Waals surface area contributed by atoms with E-state index in [1.54, 1.807) is 7.05 Å². The molecule has 20 heavy (non-hydrogen) atoms. The van der Waals surface area contributed by atoms with E-state index in [0.29, 0.717) is 6.07 Å². The number of halogens is 3. The van der Waals surface area contributed by atoms with Gasteiger partial charge in [0, 0.05) is 11.6 Å². The number of rotatable bonds is 4. The molecule has 0 heterocycles. The summed E-state index contributed by atoms with van der Waals surface area (Å²) in [7, 11) is 1.66. The molecule has 4 heteroatoms. The average Bonchev–Trinajstić information content (AvgIpc) is 2.45. The first kappa shape index (κ1) is 14.6. The second-order valence-corrected chi connectivity index (χ2v) is 4.56. The summed E-state index contributed by atoms with van der Waals surface area (Å²) in [6.45, 7) is 1.99. The van der Waals surface area contributed by atoms with Gasteiger partial charge in [0.05, 0.1) is 6.04 Å². The zero-order valence-electron chi connectivity index (χ0n) is 11.4. The van der Waals surface area contributed by atoms with Gasteiger partial charge in [0.1, 0.15) is 5.82 Å². The van der Waals surface area contributed by atoms with Gasteiger partial charge in [-0.05, 0) is 30.7 Å². The second kappa shape index (κ2) is 6.09. The number of aryl methyl sites for hydroxylation is 1. The van der Waals surface area contributed by atoms with E-state index in [1.807, 2.05) is 31.2 Å². The van der Waals surface area contributed by atoms with E-state index in [2.05, 4.69) is 5.32 Å². The lowest BCUT2D eigenvalue weighted by Gasteiger charge is -2.21. The van der Waals surface area contributed by atoms with E-state index >= 15 is 0 Å². The zero-order chi connectivity index (χ0) is 14.7. The highest BCUT2D eigenvalue weighted by atomic mass is 19.2. The Labute approximate surface area is 116 Å². The van der Waals surface area contributed by atoms with Crippen molar-refractivity contribution in [3.8, 4) is 0 Å². The Morgan fingerprint density at radius 2 is 1.60 bits per heavy atom. The lowest BCUT2D eigenvalue weighted by Crippen LogP contribution is -2.21. The third-order valence-electron chi connectivity index (χ3n) is 3.39. The molecule has 0 fully saturated rings. The predicted molar refractivity (Wildman–Crippen MR) is 73.0 cm³/mol. The number of hydrogen-bond acceptors (Lipinski definition) is 1. The molecule has 0 saturated carbocycles. The van der Waals surface area contributed by atoms with Crippen LogP contribution in [0.4, 0.5) is 13.2 Å². The molecule has 2 aromatic rings. The molecule has 2 aromatic carbocycles. The van der Waals surface area contributed by atoms with Gasteiger partial charge >= 0.3 is 0 Å². The van der Waals surface area contributed by atoms with Crippen molar-refractivity contribution in [2.45, 2.75) is 19.4 Å². The maximum Gasteiger partial charge on any atom is 0.161 e. The van der Waals surface area contributed by atoms with Gasteiger partial charge in [-0.15, -0.1) is 0 Å². The monoisotopic (exact) mass is 279 g/mol. The van der Waals surface area contributed by atoms with Crippen molar-refractivity contribution in [2.24, 2.45) is 0 Å². The van der Waals surface area contributed by atoms with E-state index in [9.17, 15) is 13.2 Å². The van der Waals surface area contributed by atoms with Crippen molar-refractivity contribution < 1.29 is 13.2 Å². The molecule has 0 bridgehead atoms. The SMILES string of the molecule is CCc1ccccc1C(NC)c1cc(F)c(F)cc1F. The first-order valence-electron chi connectivity index (χ1n) is 6.48. The third-order valence-corrected chi connectivity index (χ3v) is 3.39. The van der Waals surface area contributed by atoms with Crippen LogP contribution in [-0.2, 0) is 6.42 Å². The summed E-state index contributed by atoms with van der Waals surface area (Å²) in [6, 6.07) is 8.54. The Bertz CT molecular complexity index is 611. The predicted octanol–water partition coefficient (Wildman–Crippen LogP) is 3.98. The van der Waals surface area contributed by atoms with Crippen LogP contribution in [-0.4, -0.2) is 7.05 Å². The minimum Gasteiger partial charge on any atom is -0.309 e. The molecule has 1 atom stereocenters. The van der Waals surface area contributed by atoms with E-state index < -0.39 is 23.5 Å². The van der Waals surface area contributed by atoms with E-state index in [0.717, 1.165) is 23.6 Å². The first-order chi connectivity index (χ1) is 9.58. The molecule has 0 aliphatic heterocycles. The highest BCUT2D eigenvalue weighted by Crippen LogP contribution is 2.28. The van der Waals surface area contributed by atoms with Crippen molar-refractivity contribution in [2.75, 3.05) is 7.05 Å². The molecule has 0 radical (unpaired) electrons. The van der Waals surface area contributed by atoms with Gasteiger partial charge in [-0.25, -0.2) is 13.2 Å². The smallest absolute Gasteiger partial charge is 0.161 e. The Kier molecular flexibility index (Phi) is 4.45. The van der Waals surface area contributed by atoms with Crippen molar-refractivity contribution in [1.82, 2.24) is 5.32 Å². The van der Waals surface area contributed by atoms with E-state index in [1.165, 1.54) is 0 Å². The van der Waals surface area contributed by atoms with Crippen LogP contribution >= 0.6 is 0 Å². The molecular formula is C16H16F3N. The molecule has 1 unspecified atom stereocenters. The van der Waals surface area contributed by atoms with Crippen molar-refractivity contribution in [3.63, 3.8) is 0 Å². The molecule has 2 rings (SSSR count). The summed E-state index contributed by atoms with van der Waals surface area (Å²) < 4.78 is 40.4. The van der Waals surface area contributed by atoms with Gasteiger partial charge in [-0.3, -0.25) is 0 Å². The number of benzene rings is 2. The molecule has 0 saturated heterocycles. The topological polar surface area (TPSA) is 12.0 Å². The Morgan fingerprint density at radius 3 is 2.25 bits per heavy atom. The van der Waals surface area contributed by atoms with Crippen LogP contribution in [0.3, 0.4) is 0 Å². The fourth-order valence-electron chi connectivity index (χ4n) is 2.38. The summed E-state index contributed by atoms with van der Waals surface area (Å²) in [4.78, 5) is 0. The summed E-state index contributed by atoms with van der Waals surface area (Å²) in [5.74, 6) is -2.98. The van der Waals surface area contributed by atoms with Crippen LogP contribution in [0.1, 0.15) is 29.7 Å². The Morgan fingerprint density at radius 1 is 0.950 bits per heavy atom. The molecule has 0 amide bonds. The quantitative estimate of drug-likeness (QED) is 0.835. The second-order valence-electron chi connectivity index (χ2n) is 4.56. The van der Waals surface area contributed by atoms with Gasteiger partial charge in [0.15, 0.2) is 11.6 Å². The van der Waals surface area contributed by atoms with Gasteiger partial charge in [-0.2, -0.15) is 0 Å². The maximum atomic E-state index is 13.9. The third kappa shape index (κ3) is 2.70. The summed E-state index contributed by atoms with van der Waals surface area (Å²) in [5, 5.41) is 2.97. The minimum atomic E-state index is -1.18. The van der Waals surface area contributed by atoms with Gasteiger partial charge in [0.2, 0.25) is 0 Å². The van der Waals surface area contributed by atoms with Gasteiger partial charge in [0.25, 0.3) is 0 Å². The normalized spacial score (nSPS) is 12.4. The molecule has 1 nitrogen and oxygen atoms in total. The Hall–Kier alpha value is -1.81. The molecule has 0 aromatic heterocycles. The lowest BCUT2D eigenvalue weighted by molar-refractivity contribution is 0.483. The standard InChI is InChI=1S/C16H16F3N/c1-3-10-6-4-5-7-11(10)16(20-2)12-8-14(18)15(19)9-13(12)17/h4-9,16,20H,3H2,1-2H3. The molecular weight excluding hydrogens is 263 g/mol. The van der Waals surface area contributed by atoms with Gasteiger partial charge < -0.3 is 5.32 Å². The first-order valence-corrected chi connectivity index (χ1v) is 6.48. The van der Waals surface area contributed by atoms with Crippen LogP contribution in [0.2, 0.25) is 0 Å². The molecule has 0 aliphatic rings. The van der Waals surface area contributed by atoms with Crippen LogP contribution in [0, 0.1) is 17.5 Å². The summed E-state index contributed by atoms with van der Waals surface area (Å²) in [6.07, 6.45) is 0.777. The number of hydrogen-bond donors (Lipinski definition) is 1. The van der Waals surface area contributed by atoms with Crippen LogP contribution in [0.5, 0.6) is 0 Å². The molecule has 0 spiro atoms. The summed E-state index contributed by atoms with van der Waals surface area (Å²) in [5.41, 5.74) is 2.01. The minimum absolute atomic E-state index is 0.104. The average molecular weight is 279 g/mol. The molecule has 0 aliphatic carbocycles. The highest BCUT2D eigenvalue weighted by Gasteiger charge is 2.20. The van der Waals surface area contributed by atoms with Crippen molar-refractivity contribution >= 4 is 0 Å². The fourth-order valence-corrected chi connectivity index (χ4v) is 2.38. The largest absolute Gasteiger partial charge is 0.309 e. The molecule has 106 valence electrons. The summed E-state index contributed by atoms with van der Waals surface area (Å²) >= 11 is 0. The van der Waals surface area contributed by atoms with E-state index in [-0.39, 0.29) is 5.56 Å². The Balaban J connectivity index is 2.55. The van der Waals surface area contributed by atoms with Crippen molar-refractivity contribution in [3.05, 3.63) is 70.5 Å². The van der Waals surface area contributed by atoms with Gasteiger partial charge in [-0.1, -0.05) is 31.2 Å². The van der Waals surface area contributed by atoms with Crippen LogP contribution in [0.15, 0.2) is 36.4 Å². The van der Waals surface area contributed by atoms with Crippen molar-refractivity contribution in [1.29, 1.82) is 0 Å².